The fourth-order valence-electron chi connectivity index (χ4n) is 3.06. The zero-order valence-corrected chi connectivity index (χ0v) is 15.3. The summed E-state index contributed by atoms with van der Waals surface area (Å²) in [4.78, 5) is 31.6. The van der Waals surface area contributed by atoms with E-state index in [9.17, 15) is 9.59 Å². The number of carbonyl (C=O) groups is 1. The molecule has 5 aromatic rings. The summed E-state index contributed by atoms with van der Waals surface area (Å²) in [5, 5.41) is 18.6. The van der Waals surface area contributed by atoms with Crippen molar-refractivity contribution in [3.63, 3.8) is 0 Å². The van der Waals surface area contributed by atoms with Crippen molar-refractivity contribution in [3.05, 3.63) is 83.3 Å². The number of para-hydroxylation sites is 2. The van der Waals surface area contributed by atoms with Crippen LogP contribution in [0.4, 0.5) is 5.69 Å². The molecule has 11 nitrogen and oxygen atoms in total. The Morgan fingerprint density at radius 2 is 2.00 bits per heavy atom. The first-order valence-corrected chi connectivity index (χ1v) is 8.86. The minimum atomic E-state index is -0.320. The number of anilines is 1. The third-order valence-electron chi connectivity index (χ3n) is 4.47. The summed E-state index contributed by atoms with van der Waals surface area (Å²) in [5.41, 5.74) is 2.28. The molecule has 0 saturated carbocycles. The van der Waals surface area contributed by atoms with Gasteiger partial charge in [0.2, 0.25) is 0 Å². The summed E-state index contributed by atoms with van der Waals surface area (Å²) < 4.78 is 2.97. The summed E-state index contributed by atoms with van der Waals surface area (Å²) in [5.74, 6) is -0.320. The molecule has 0 fully saturated rings. The Bertz CT molecular complexity index is 1420. The smallest absolute Gasteiger partial charge is 0.261 e. The Morgan fingerprint density at radius 3 is 2.87 bits per heavy atom. The molecule has 3 aromatic heterocycles. The molecule has 0 bridgehead atoms. The summed E-state index contributed by atoms with van der Waals surface area (Å²) in [6, 6.07) is 14.0. The standard InChI is InChI=1S/C19H13N9O2/c29-18(12-4-3-5-13(8-12)27-11-22-25-26-27)24-15-6-1-2-7-16(15)28-17-14(9-23-28)19(30)21-10-20-17/h1-11H,(H,24,29)(H,20,21,30). The Balaban J connectivity index is 1.51. The van der Waals surface area contributed by atoms with E-state index in [1.807, 2.05) is 6.07 Å². The Kier molecular flexibility index (Phi) is 4.10. The molecule has 146 valence electrons. The molecule has 0 unspecified atom stereocenters. The number of H-pyrrole nitrogens is 1. The second-order valence-electron chi connectivity index (χ2n) is 6.30. The lowest BCUT2D eigenvalue weighted by Crippen LogP contribution is -2.15. The van der Waals surface area contributed by atoms with Crippen LogP contribution in [-0.2, 0) is 0 Å². The average molecular weight is 399 g/mol. The van der Waals surface area contributed by atoms with Gasteiger partial charge in [-0.3, -0.25) is 9.59 Å². The van der Waals surface area contributed by atoms with E-state index in [4.69, 9.17) is 0 Å². The normalized spacial score (nSPS) is 10.9. The number of rotatable bonds is 4. The molecule has 0 aliphatic carbocycles. The van der Waals surface area contributed by atoms with Gasteiger partial charge in [-0.15, -0.1) is 5.10 Å². The Labute approximate surface area is 168 Å². The van der Waals surface area contributed by atoms with Gasteiger partial charge < -0.3 is 10.3 Å². The number of tetrazole rings is 1. The monoisotopic (exact) mass is 399 g/mol. The average Bonchev–Trinajstić information content (AvgIpc) is 3.45. The summed E-state index contributed by atoms with van der Waals surface area (Å²) in [7, 11) is 0. The first-order chi connectivity index (χ1) is 14.7. The van der Waals surface area contributed by atoms with Crippen molar-refractivity contribution in [1.82, 2.24) is 40.0 Å². The van der Waals surface area contributed by atoms with Crippen LogP contribution >= 0.6 is 0 Å². The minimum absolute atomic E-state index is 0.285. The summed E-state index contributed by atoms with van der Waals surface area (Å²) >= 11 is 0. The van der Waals surface area contributed by atoms with Crippen LogP contribution in [0.2, 0.25) is 0 Å². The van der Waals surface area contributed by atoms with E-state index in [-0.39, 0.29) is 11.5 Å². The number of benzene rings is 2. The molecule has 11 heteroatoms. The SMILES string of the molecule is O=C(Nc1ccccc1-n1ncc2c(=O)[nH]cnc21)c1cccc(-n2cnnn2)c1. The predicted molar refractivity (Wildman–Crippen MR) is 107 cm³/mol. The van der Waals surface area contributed by atoms with Crippen LogP contribution in [0.3, 0.4) is 0 Å². The maximum absolute atomic E-state index is 12.9. The van der Waals surface area contributed by atoms with Gasteiger partial charge in [0.15, 0.2) is 5.65 Å². The molecule has 30 heavy (non-hydrogen) atoms. The molecule has 0 aliphatic heterocycles. The first-order valence-electron chi connectivity index (χ1n) is 8.86. The van der Waals surface area contributed by atoms with Gasteiger partial charge in [0.05, 0.1) is 29.6 Å². The molecular formula is C19H13N9O2. The van der Waals surface area contributed by atoms with Crippen molar-refractivity contribution in [2.75, 3.05) is 5.32 Å². The van der Waals surface area contributed by atoms with E-state index >= 15 is 0 Å². The molecule has 3 heterocycles. The lowest BCUT2D eigenvalue weighted by molar-refractivity contribution is 0.102. The molecule has 0 aliphatic rings. The first kappa shape index (κ1) is 17.4. The van der Waals surface area contributed by atoms with Crippen LogP contribution in [0.5, 0.6) is 0 Å². The van der Waals surface area contributed by atoms with Crippen molar-refractivity contribution in [1.29, 1.82) is 0 Å². The molecule has 0 saturated heterocycles. The van der Waals surface area contributed by atoms with Gasteiger partial charge in [0.25, 0.3) is 11.5 Å². The van der Waals surface area contributed by atoms with Crippen molar-refractivity contribution in [2.45, 2.75) is 0 Å². The zero-order chi connectivity index (χ0) is 20.5. The lowest BCUT2D eigenvalue weighted by Gasteiger charge is -2.12. The molecule has 5 rings (SSSR count). The number of amides is 1. The lowest BCUT2D eigenvalue weighted by atomic mass is 10.1. The van der Waals surface area contributed by atoms with Crippen molar-refractivity contribution in [2.24, 2.45) is 0 Å². The maximum Gasteiger partial charge on any atom is 0.261 e. The van der Waals surface area contributed by atoms with Crippen LogP contribution < -0.4 is 10.9 Å². The number of hydrogen-bond acceptors (Lipinski definition) is 7. The summed E-state index contributed by atoms with van der Waals surface area (Å²) in [6.45, 7) is 0. The zero-order valence-electron chi connectivity index (χ0n) is 15.3. The van der Waals surface area contributed by atoms with Crippen LogP contribution in [0, 0.1) is 0 Å². The molecular weight excluding hydrogens is 386 g/mol. The summed E-state index contributed by atoms with van der Waals surface area (Å²) in [6.07, 6.45) is 4.20. The molecule has 2 aromatic carbocycles. The van der Waals surface area contributed by atoms with E-state index < -0.39 is 0 Å². The number of nitrogens with zero attached hydrogens (tertiary/aromatic N) is 7. The third-order valence-corrected chi connectivity index (χ3v) is 4.47. The Hall–Kier alpha value is -4.67. The third kappa shape index (κ3) is 2.99. The second-order valence-corrected chi connectivity index (χ2v) is 6.30. The maximum atomic E-state index is 12.9. The highest BCUT2D eigenvalue weighted by Gasteiger charge is 2.15. The van der Waals surface area contributed by atoms with Crippen molar-refractivity contribution < 1.29 is 4.79 Å². The fraction of sp³-hybridized carbons (Fsp3) is 0. The van der Waals surface area contributed by atoms with Gasteiger partial charge in [-0.05, 0) is 40.8 Å². The van der Waals surface area contributed by atoms with E-state index in [1.54, 1.807) is 42.5 Å². The molecule has 0 atom stereocenters. The van der Waals surface area contributed by atoms with E-state index in [1.165, 1.54) is 28.2 Å². The van der Waals surface area contributed by atoms with Crippen LogP contribution in [0.25, 0.3) is 22.4 Å². The topological polar surface area (TPSA) is 136 Å². The number of aromatic amines is 1. The highest BCUT2D eigenvalue weighted by molar-refractivity contribution is 6.05. The van der Waals surface area contributed by atoms with Gasteiger partial charge in [-0.25, -0.2) is 14.3 Å². The highest BCUT2D eigenvalue weighted by atomic mass is 16.1. The second kappa shape index (κ2) is 7.05. The molecule has 0 spiro atoms. The molecule has 0 radical (unpaired) electrons. The number of aromatic nitrogens is 8. The molecule has 2 N–H and O–H groups in total. The van der Waals surface area contributed by atoms with Gasteiger partial charge in [0.1, 0.15) is 11.7 Å². The van der Waals surface area contributed by atoms with Gasteiger partial charge in [0, 0.05) is 5.56 Å². The van der Waals surface area contributed by atoms with Crippen molar-refractivity contribution in [3.8, 4) is 11.4 Å². The van der Waals surface area contributed by atoms with Gasteiger partial charge in [-0.1, -0.05) is 18.2 Å². The number of nitrogens with one attached hydrogen (secondary N) is 2. The Morgan fingerprint density at radius 1 is 1.10 bits per heavy atom. The van der Waals surface area contributed by atoms with E-state index in [2.05, 4.69) is 35.9 Å². The van der Waals surface area contributed by atoms with E-state index in [0.717, 1.165) is 0 Å². The van der Waals surface area contributed by atoms with Crippen LogP contribution in [0.15, 0.2) is 72.2 Å². The van der Waals surface area contributed by atoms with Crippen LogP contribution in [0.1, 0.15) is 10.4 Å². The number of fused-ring (bicyclic) bond motifs is 1. The highest BCUT2D eigenvalue weighted by Crippen LogP contribution is 2.23. The molecule has 1 amide bonds. The van der Waals surface area contributed by atoms with Gasteiger partial charge >= 0.3 is 0 Å². The van der Waals surface area contributed by atoms with E-state index in [0.29, 0.717) is 33.7 Å². The minimum Gasteiger partial charge on any atom is -0.320 e. The number of carbonyl (C=O) groups excluding carboxylic acids is 1. The predicted octanol–water partition coefficient (Wildman–Crippen LogP) is 1.34. The van der Waals surface area contributed by atoms with Crippen molar-refractivity contribution >= 4 is 22.6 Å². The number of hydrogen-bond donors (Lipinski definition) is 2. The van der Waals surface area contributed by atoms with Crippen LogP contribution in [-0.4, -0.2) is 45.9 Å². The largest absolute Gasteiger partial charge is 0.320 e. The fourth-order valence-corrected chi connectivity index (χ4v) is 3.06. The van der Waals surface area contributed by atoms with Gasteiger partial charge in [-0.2, -0.15) is 5.10 Å². The quantitative estimate of drug-likeness (QED) is 0.465.